The fraction of sp³-hybridized carbons (Fsp3) is 0.692. The van der Waals surface area contributed by atoms with Gasteiger partial charge in [0.15, 0.2) is 0 Å². The van der Waals surface area contributed by atoms with E-state index < -0.39 is 0 Å². The second-order valence-electron chi connectivity index (χ2n) is 10.2. The van der Waals surface area contributed by atoms with Crippen LogP contribution in [0, 0.1) is 11.3 Å². The van der Waals surface area contributed by atoms with Crippen molar-refractivity contribution in [2.24, 2.45) is 11.3 Å². The lowest BCUT2D eigenvalue weighted by Gasteiger charge is -2.63. The minimum absolute atomic E-state index is 0.0242. The van der Waals surface area contributed by atoms with Gasteiger partial charge in [0.1, 0.15) is 11.5 Å². The first-order valence-electron chi connectivity index (χ1n) is 11.2. The number of fused-ring (bicyclic) bond motifs is 1. The summed E-state index contributed by atoms with van der Waals surface area (Å²) in [5.41, 5.74) is 2.95. The summed E-state index contributed by atoms with van der Waals surface area (Å²) in [6.07, 6.45) is 13.6. The zero-order valence-electron chi connectivity index (χ0n) is 19.2. The normalized spacial score (nSPS) is 25.3. The van der Waals surface area contributed by atoms with Crippen LogP contribution in [0.5, 0.6) is 11.5 Å². The Morgan fingerprint density at radius 2 is 1.68 bits per heavy atom. The molecule has 0 spiro atoms. The highest BCUT2D eigenvalue weighted by Crippen LogP contribution is 2.68. The van der Waals surface area contributed by atoms with E-state index in [-0.39, 0.29) is 16.2 Å². The predicted octanol–water partition coefficient (Wildman–Crippen LogP) is 7.20. The first-order valence-corrected chi connectivity index (χ1v) is 11.2. The van der Waals surface area contributed by atoms with Crippen LogP contribution in [0.3, 0.4) is 0 Å². The van der Waals surface area contributed by atoms with E-state index in [9.17, 15) is 0 Å². The Balaban J connectivity index is 2.00. The second-order valence-corrected chi connectivity index (χ2v) is 10.2. The Bertz CT molecular complexity index is 703. The largest absolute Gasteiger partial charge is 0.496 e. The molecule has 2 nitrogen and oxygen atoms in total. The third kappa shape index (κ3) is 3.27. The molecule has 1 aromatic carbocycles. The number of unbranched alkanes of at least 4 members (excludes halogenated alkanes) is 3. The molecule has 3 aliphatic rings. The Labute approximate surface area is 172 Å². The molecular formula is C26H40O2. The number of ether oxygens (including phenoxy) is 2. The molecule has 0 aromatic heterocycles. The number of benzene rings is 1. The molecule has 2 atom stereocenters. The molecule has 0 N–H and O–H groups in total. The standard InChI is InChI=1S/C26H40O2/c1-8-9-10-11-14-24(2,3)20-16-21(27-6)23(22(17-20)28-7)26-15-12-13-19(18-26)25(26,4)5/h12,15-17,19H,8-11,13-14,18H2,1-7H3. The van der Waals surface area contributed by atoms with Crippen molar-refractivity contribution in [3.63, 3.8) is 0 Å². The smallest absolute Gasteiger partial charge is 0.126 e. The Morgan fingerprint density at radius 1 is 1.04 bits per heavy atom. The predicted molar refractivity (Wildman–Crippen MR) is 119 cm³/mol. The van der Waals surface area contributed by atoms with Crippen LogP contribution in [0.1, 0.15) is 90.7 Å². The molecule has 0 aliphatic heterocycles. The maximum Gasteiger partial charge on any atom is 0.126 e. The topological polar surface area (TPSA) is 18.5 Å². The van der Waals surface area contributed by atoms with E-state index in [1.807, 2.05) is 14.2 Å². The molecule has 0 radical (unpaired) electrons. The van der Waals surface area contributed by atoms with Gasteiger partial charge < -0.3 is 9.47 Å². The van der Waals surface area contributed by atoms with E-state index in [2.05, 4.69) is 58.9 Å². The molecule has 156 valence electrons. The third-order valence-corrected chi connectivity index (χ3v) is 7.95. The van der Waals surface area contributed by atoms with Gasteiger partial charge in [0.25, 0.3) is 0 Å². The molecule has 1 saturated carbocycles. The van der Waals surface area contributed by atoms with Crippen molar-refractivity contribution in [1.82, 2.24) is 0 Å². The maximum absolute atomic E-state index is 5.99. The van der Waals surface area contributed by atoms with Crippen molar-refractivity contribution in [2.45, 2.75) is 90.4 Å². The summed E-state index contributed by atoms with van der Waals surface area (Å²) in [6, 6.07) is 4.58. The molecule has 2 unspecified atom stereocenters. The summed E-state index contributed by atoms with van der Waals surface area (Å²) in [5, 5.41) is 0. The van der Waals surface area contributed by atoms with Gasteiger partial charge >= 0.3 is 0 Å². The number of allylic oxidation sites excluding steroid dienone is 2. The average molecular weight is 385 g/mol. The summed E-state index contributed by atoms with van der Waals surface area (Å²) in [7, 11) is 3.62. The number of rotatable bonds is 9. The van der Waals surface area contributed by atoms with Gasteiger partial charge in [0, 0.05) is 11.0 Å². The first kappa shape index (κ1) is 21.3. The van der Waals surface area contributed by atoms with Crippen LogP contribution in [0.15, 0.2) is 24.3 Å². The van der Waals surface area contributed by atoms with Crippen LogP contribution in [0.25, 0.3) is 0 Å². The number of methoxy groups -OCH3 is 2. The van der Waals surface area contributed by atoms with Crippen molar-refractivity contribution >= 4 is 0 Å². The van der Waals surface area contributed by atoms with Crippen molar-refractivity contribution in [3.05, 3.63) is 35.4 Å². The molecule has 28 heavy (non-hydrogen) atoms. The van der Waals surface area contributed by atoms with Gasteiger partial charge in [-0.15, -0.1) is 0 Å². The van der Waals surface area contributed by atoms with E-state index in [1.165, 1.54) is 56.1 Å². The molecule has 1 aromatic rings. The summed E-state index contributed by atoms with van der Waals surface area (Å²) >= 11 is 0. The quantitative estimate of drug-likeness (QED) is 0.331. The van der Waals surface area contributed by atoms with E-state index in [1.54, 1.807) is 0 Å². The van der Waals surface area contributed by atoms with Gasteiger partial charge in [-0.25, -0.2) is 0 Å². The summed E-state index contributed by atoms with van der Waals surface area (Å²) < 4.78 is 12.0. The van der Waals surface area contributed by atoms with Crippen LogP contribution >= 0.6 is 0 Å². The third-order valence-electron chi connectivity index (χ3n) is 7.95. The lowest BCUT2D eigenvalue weighted by molar-refractivity contribution is -0.0341. The monoisotopic (exact) mass is 384 g/mol. The van der Waals surface area contributed by atoms with E-state index in [0.717, 1.165) is 17.4 Å². The van der Waals surface area contributed by atoms with Gasteiger partial charge in [-0.2, -0.15) is 0 Å². The van der Waals surface area contributed by atoms with Crippen LogP contribution in [0.4, 0.5) is 0 Å². The molecule has 0 saturated heterocycles. The molecule has 0 amide bonds. The fourth-order valence-corrected chi connectivity index (χ4v) is 5.62. The maximum atomic E-state index is 5.99. The van der Waals surface area contributed by atoms with E-state index >= 15 is 0 Å². The molecule has 2 bridgehead atoms. The summed E-state index contributed by atoms with van der Waals surface area (Å²) in [5.74, 6) is 2.74. The highest BCUT2D eigenvalue weighted by atomic mass is 16.5. The van der Waals surface area contributed by atoms with Gasteiger partial charge in [-0.3, -0.25) is 0 Å². The summed E-state index contributed by atoms with van der Waals surface area (Å²) in [6.45, 7) is 11.8. The van der Waals surface area contributed by atoms with Gasteiger partial charge in [-0.1, -0.05) is 72.5 Å². The Kier molecular flexibility index (Phi) is 5.90. The highest BCUT2D eigenvalue weighted by Gasteiger charge is 2.62. The lowest BCUT2D eigenvalue weighted by Crippen LogP contribution is -2.58. The molecule has 0 heterocycles. The van der Waals surface area contributed by atoms with Crippen LogP contribution in [-0.4, -0.2) is 14.2 Å². The van der Waals surface area contributed by atoms with Gasteiger partial charge in [0.05, 0.1) is 14.2 Å². The van der Waals surface area contributed by atoms with E-state index in [0.29, 0.717) is 0 Å². The van der Waals surface area contributed by atoms with Crippen molar-refractivity contribution in [1.29, 1.82) is 0 Å². The fourth-order valence-electron chi connectivity index (χ4n) is 5.62. The molecule has 2 heteroatoms. The number of hydrogen-bond acceptors (Lipinski definition) is 2. The number of hydrogen-bond donors (Lipinski definition) is 0. The second kappa shape index (κ2) is 7.76. The average Bonchev–Trinajstić information content (AvgIpc) is 2.70. The minimum atomic E-state index is 0.0242. The van der Waals surface area contributed by atoms with Crippen LogP contribution in [-0.2, 0) is 10.8 Å². The summed E-state index contributed by atoms with van der Waals surface area (Å²) in [4.78, 5) is 0. The highest BCUT2D eigenvalue weighted by molar-refractivity contribution is 5.59. The van der Waals surface area contributed by atoms with Crippen LogP contribution < -0.4 is 9.47 Å². The molecule has 1 fully saturated rings. The van der Waals surface area contributed by atoms with Crippen molar-refractivity contribution < 1.29 is 9.47 Å². The first-order chi connectivity index (χ1) is 13.2. The van der Waals surface area contributed by atoms with Crippen molar-refractivity contribution in [3.8, 4) is 11.5 Å². The Morgan fingerprint density at radius 3 is 2.18 bits per heavy atom. The lowest BCUT2D eigenvalue weighted by atomic mass is 9.40. The molecular weight excluding hydrogens is 344 g/mol. The Hall–Kier alpha value is -1.44. The minimum Gasteiger partial charge on any atom is -0.496 e. The van der Waals surface area contributed by atoms with Crippen LogP contribution in [0.2, 0.25) is 0 Å². The van der Waals surface area contributed by atoms with Crippen molar-refractivity contribution in [2.75, 3.05) is 14.2 Å². The van der Waals surface area contributed by atoms with Gasteiger partial charge in [-0.05, 0) is 53.7 Å². The SMILES string of the molecule is CCCCCCC(C)(C)c1cc(OC)c(C23C=CCC(C2)C3(C)C)c(OC)c1. The molecule has 4 rings (SSSR count). The van der Waals surface area contributed by atoms with E-state index in [4.69, 9.17) is 9.47 Å². The van der Waals surface area contributed by atoms with Gasteiger partial charge in [0.2, 0.25) is 0 Å². The molecule has 3 aliphatic carbocycles. The zero-order valence-corrected chi connectivity index (χ0v) is 19.2. The zero-order chi connectivity index (χ0) is 20.6.